The van der Waals surface area contributed by atoms with Gasteiger partial charge in [0.25, 0.3) is 0 Å². The topological polar surface area (TPSA) is 63.9 Å². The zero-order chi connectivity index (χ0) is 8.39. The quantitative estimate of drug-likeness (QED) is 0.678. The van der Waals surface area contributed by atoms with Gasteiger partial charge in [0.1, 0.15) is 0 Å². The van der Waals surface area contributed by atoms with Crippen molar-refractivity contribution in [1.82, 2.24) is 10.2 Å². The van der Waals surface area contributed by atoms with Crippen molar-refractivity contribution < 1.29 is 4.74 Å². The second-order valence-electron chi connectivity index (χ2n) is 2.82. The van der Waals surface area contributed by atoms with Crippen molar-refractivity contribution in [2.75, 3.05) is 6.61 Å². The smallest absolute Gasteiger partial charge is 0.0912 e. The first-order valence-electron chi connectivity index (χ1n) is 3.93. The molecule has 0 bridgehead atoms. The van der Waals surface area contributed by atoms with Crippen LogP contribution in [-0.4, -0.2) is 16.8 Å². The molecule has 1 unspecified atom stereocenters. The summed E-state index contributed by atoms with van der Waals surface area (Å²) in [5, 5.41) is 6.58. The van der Waals surface area contributed by atoms with Gasteiger partial charge in [-0.05, 0) is 5.57 Å². The van der Waals surface area contributed by atoms with Crippen molar-refractivity contribution in [3.8, 4) is 0 Å². The molecule has 0 amide bonds. The van der Waals surface area contributed by atoms with Crippen LogP contribution in [0.25, 0.3) is 0 Å². The van der Waals surface area contributed by atoms with Gasteiger partial charge in [0.15, 0.2) is 0 Å². The summed E-state index contributed by atoms with van der Waals surface area (Å²) in [6.45, 7) is 0.751. The van der Waals surface area contributed by atoms with E-state index in [2.05, 4.69) is 10.2 Å². The molecular formula is C8H11N3O. The standard InChI is InChI=1S/C8H11N3O/c9-8(6-1-2-12-5-6)7-3-10-11-4-7/h3-5,8H,1-2,9H2,(H,10,11). The van der Waals surface area contributed by atoms with Gasteiger partial charge >= 0.3 is 0 Å². The summed E-state index contributed by atoms with van der Waals surface area (Å²) in [6, 6.07) is -0.0637. The Morgan fingerprint density at radius 3 is 3.17 bits per heavy atom. The van der Waals surface area contributed by atoms with Crippen LogP contribution in [0.15, 0.2) is 24.2 Å². The molecule has 12 heavy (non-hydrogen) atoms. The van der Waals surface area contributed by atoms with Crippen LogP contribution in [0.4, 0.5) is 0 Å². The maximum absolute atomic E-state index is 5.94. The predicted molar refractivity (Wildman–Crippen MR) is 44.2 cm³/mol. The minimum atomic E-state index is -0.0637. The van der Waals surface area contributed by atoms with Gasteiger partial charge in [-0.25, -0.2) is 0 Å². The fraction of sp³-hybridized carbons (Fsp3) is 0.375. The fourth-order valence-electron chi connectivity index (χ4n) is 1.28. The maximum Gasteiger partial charge on any atom is 0.0912 e. The summed E-state index contributed by atoms with van der Waals surface area (Å²) in [7, 11) is 0. The molecule has 0 saturated heterocycles. The summed E-state index contributed by atoms with van der Waals surface area (Å²) in [6.07, 6.45) is 6.22. The monoisotopic (exact) mass is 165 g/mol. The van der Waals surface area contributed by atoms with E-state index in [0.29, 0.717) is 0 Å². The summed E-state index contributed by atoms with van der Waals surface area (Å²) < 4.78 is 5.10. The Morgan fingerprint density at radius 2 is 2.58 bits per heavy atom. The Balaban J connectivity index is 2.14. The van der Waals surface area contributed by atoms with Gasteiger partial charge < -0.3 is 10.5 Å². The molecule has 1 aliphatic heterocycles. The van der Waals surface area contributed by atoms with Crippen molar-refractivity contribution in [2.45, 2.75) is 12.5 Å². The largest absolute Gasteiger partial charge is 0.501 e. The zero-order valence-corrected chi connectivity index (χ0v) is 6.66. The van der Waals surface area contributed by atoms with Crippen LogP contribution in [0.2, 0.25) is 0 Å². The van der Waals surface area contributed by atoms with Crippen LogP contribution in [0.5, 0.6) is 0 Å². The third-order valence-electron chi connectivity index (χ3n) is 2.02. The molecule has 3 N–H and O–H groups in total. The number of aromatic nitrogens is 2. The van der Waals surface area contributed by atoms with Crippen LogP contribution in [0, 0.1) is 0 Å². The van der Waals surface area contributed by atoms with E-state index in [1.165, 1.54) is 0 Å². The Morgan fingerprint density at radius 1 is 1.67 bits per heavy atom. The highest BCUT2D eigenvalue weighted by Crippen LogP contribution is 2.23. The first-order valence-corrected chi connectivity index (χ1v) is 3.93. The molecule has 1 aromatic rings. The van der Waals surface area contributed by atoms with Gasteiger partial charge in [0.05, 0.1) is 25.1 Å². The average Bonchev–Trinajstić information content (AvgIpc) is 2.77. The lowest BCUT2D eigenvalue weighted by atomic mass is 10.0. The van der Waals surface area contributed by atoms with E-state index >= 15 is 0 Å². The number of ether oxygens (including phenoxy) is 1. The van der Waals surface area contributed by atoms with Crippen LogP contribution in [0.3, 0.4) is 0 Å². The number of aromatic amines is 1. The van der Waals surface area contributed by atoms with Crippen molar-refractivity contribution in [2.24, 2.45) is 5.73 Å². The highest BCUT2D eigenvalue weighted by molar-refractivity contribution is 5.23. The van der Waals surface area contributed by atoms with Crippen LogP contribution in [-0.2, 0) is 4.74 Å². The minimum Gasteiger partial charge on any atom is -0.501 e. The molecule has 0 spiro atoms. The molecule has 2 heterocycles. The number of hydrogen-bond acceptors (Lipinski definition) is 3. The maximum atomic E-state index is 5.94. The zero-order valence-electron chi connectivity index (χ0n) is 6.66. The highest BCUT2D eigenvalue weighted by atomic mass is 16.5. The van der Waals surface area contributed by atoms with Crippen LogP contribution < -0.4 is 5.73 Å². The number of rotatable bonds is 2. The minimum absolute atomic E-state index is 0.0637. The molecule has 0 radical (unpaired) electrons. The van der Waals surface area contributed by atoms with E-state index in [1.54, 1.807) is 12.5 Å². The Labute approximate surface area is 70.4 Å². The lowest BCUT2D eigenvalue weighted by molar-refractivity contribution is 0.281. The second-order valence-corrected chi connectivity index (χ2v) is 2.82. The van der Waals surface area contributed by atoms with Crippen LogP contribution in [0.1, 0.15) is 18.0 Å². The van der Waals surface area contributed by atoms with Crippen molar-refractivity contribution >= 4 is 0 Å². The molecule has 1 aromatic heterocycles. The van der Waals surface area contributed by atoms with E-state index in [9.17, 15) is 0 Å². The lowest BCUT2D eigenvalue weighted by Crippen LogP contribution is -2.11. The van der Waals surface area contributed by atoms with Gasteiger partial charge in [-0.3, -0.25) is 5.10 Å². The molecule has 4 heteroatoms. The first-order chi connectivity index (χ1) is 5.88. The average molecular weight is 165 g/mol. The first kappa shape index (κ1) is 7.36. The molecule has 0 saturated carbocycles. The Hall–Kier alpha value is -1.29. The third-order valence-corrected chi connectivity index (χ3v) is 2.02. The van der Waals surface area contributed by atoms with Crippen LogP contribution >= 0.6 is 0 Å². The third kappa shape index (κ3) is 1.21. The molecule has 4 nitrogen and oxygen atoms in total. The SMILES string of the molecule is NC(C1=COCC1)c1cn[nH]c1. The van der Waals surface area contributed by atoms with Crippen molar-refractivity contribution in [1.29, 1.82) is 0 Å². The van der Waals surface area contributed by atoms with Crippen molar-refractivity contribution in [3.63, 3.8) is 0 Å². The Bertz CT molecular complexity index is 279. The summed E-state index contributed by atoms with van der Waals surface area (Å²) in [4.78, 5) is 0. The number of nitrogens with one attached hydrogen (secondary N) is 1. The fourth-order valence-corrected chi connectivity index (χ4v) is 1.28. The molecule has 0 aromatic carbocycles. The van der Waals surface area contributed by atoms with Gasteiger partial charge in [-0.1, -0.05) is 0 Å². The molecule has 0 aliphatic carbocycles. The molecule has 2 rings (SSSR count). The van der Waals surface area contributed by atoms with Crippen molar-refractivity contribution in [3.05, 3.63) is 29.8 Å². The van der Waals surface area contributed by atoms with E-state index in [4.69, 9.17) is 10.5 Å². The molecule has 0 fully saturated rings. The molecular weight excluding hydrogens is 154 g/mol. The number of H-pyrrole nitrogens is 1. The molecule has 64 valence electrons. The molecule has 1 aliphatic rings. The predicted octanol–water partition coefficient (Wildman–Crippen LogP) is 0.714. The summed E-state index contributed by atoms with van der Waals surface area (Å²) in [5.41, 5.74) is 8.08. The van der Waals surface area contributed by atoms with E-state index in [0.717, 1.165) is 24.2 Å². The normalized spacial score (nSPS) is 18.6. The van der Waals surface area contributed by atoms with Gasteiger partial charge in [0, 0.05) is 18.2 Å². The van der Waals surface area contributed by atoms with Gasteiger partial charge in [-0.15, -0.1) is 0 Å². The second kappa shape index (κ2) is 2.98. The van der Waals surface area contributed by atoms with E-state index < -0.39 is 0 Å². The number of nitrogens with two attached hydrogens (primary N) is 1. The summed E-state index contributed by atoms with van der Waals surface area (Å²) >= 11 is 0. The van der Waals surface area contributed by atoms with Gasteiger partial charge in [-0.2, -0.15) is 5.10 Å². The number of hydrogen-bond donors (Lipinski definition) is 2. The summed E-state index contributed by atoms with van der Waals surface area (Å²) in [5.74, 6) is 0. The Kier molecular flexibility index (Phi) is 1.83. The number of nitrogens with zero attached hydrogens (tertiary/aromatic N) is 1. The molecule has 1 atom stereocenters. The van der Waals surface area contributed by atoms with E-state index in [-0.39, 0.29) is 6.04 Å². The lowest BCUT2D eigenvalue weighted by Gasteiger charge is -2.07. The van der Waals surface area contributed by atoms with Gasteiger partial charge in [0.2, 0.25) is 0 Å². The highest BCUT2D eigenvalue weighted by Gasteiger charge is 2.16. The van der Waals surface area contributed by atoms with E-state index in [1.807, 2.05) is 6.20 Å².